The van der Waals surface area contributed by atoms with Crippen LogP contribution in [0.2, 0.25) is 0 Å². The standard InChI is InChI=1S/C24H40O4/c1-21-10-6-15(26)14-23(21,27)12-7-17-18(21)8-11-22(2)20(17)16-4-5-19(16)24(22,28)9-3-13-25/h15-20,25-28H,3-14H2,1-2H3/t15-,16?,17+,18-,19-,20-,21+,22-,23-,24-/m0/s1. The second-order valence-electron chi connectivity index (χ2n) is 11.7. The van der Waals surface area contributed by atoms with Crippen LogP contribution in [0.5, 0.6) is 0 Å². The van der Waals surface area contributed by atoms with Gasteiger partial charge in [-0.1, -0.05) is 13.8 Å². The van der Waals surface area contributed by atoms with Crippen molar-refractivity contribution >= 4 is 0 Å². The average molecular weight is 393 g/mol. The van der Waals surface area contributed by atoms with Crippen molar-refractivity contribution in [1.82, 2.24) is 0 Å². The van der Waals surface area contributed by atoms with Crippen LogP contribution in [-0.2, 0) is 0 Å². The average Bonchev–Trinajstić information content (AvgIpc) is 2.74. The summed E-state index contributed by atoms with van der Waals surface area (Å²) >= 11 is 0. The predicted octanol–water partition coefficient (Wildman–Crippen LogP) is 3.25. The molecule has 0 amide bonds. The third kappa shape index (κ3) is 2.22. The third-order valence-electron chi connectivity index (χ3n) is 11.1. The summed E-state index contributed by atoms with van der Waals surface area (Å²) in [7, 11) is 0. The van der Waals surface area contributed by atoms with E-state index in [2.05, 4.69) is 13.8 Å². The Balaban J connectivity index is 1.49. The number of aliphatic hydroxyl groups is 4. The molecule has 160 valence electrons. The summed E-state index contributed by atoms with van der Waals surface area (Å²) in [6, 6.07) is 0. The topological polar surface area (TPSA) is 80.9 Å². The van der Waals surface area contributed by atoms with E-state index in [1.165, 1.54) is 6.42 Å². The highest BCUT2D eigenvalue weighted by Gasteiger charge is 2.73. The molecule has 5 rings (SSSR count). The van der Waals surface area contributed by atoms with E-state index in [0.717, 1.165) is 51.4 Å². The lowest BCUT2D eigenvalue weighted by Gasteiger charge is -2.64. The second kappa shape index (κ2) is 6.18. The summed E-state index contributed by atoms with van der Waals surface area (Å²) in [5.41, 5.74) is -1.48. The fraction of sp³-hybridized carbons (Fsp3) is 1.00. The van der Waals surface area contributed by atoms with Crippen molar-refractivity contribution in [3.63, 3.8) is 0 Å². The van der Waals surface area contributed by atoms with Crippen LogP contribution in [0.15, 0.2) is 0 Å². The Morgan fingerprint density at radius 2 is 1.54 bits per heavy atom. The highest BCUT2D eigenvalue weighted by molar-refractivity contribution is 5.22. The predicted molar refractivity (Wildman–Crippen MR) is 107 cm³/mol. The lowest BCUT2D eigenvalue weighted by atomic mass is 9.42. The fourth-order valence-corrected chi connectivity index (χ4v) is 9.57. The first-order valence-electron chi connectivity index (χ1n) is 11.9. The number of fused-ring (bicyclic) bond motifs is 7. The number of hydrogen-bond donors (Lipinski definition) is 4. The van der Waals surface area contributed by atoms with Gasteiger partial charge in [0.15, 0.2) is 0 Å². The lowest BCUT2D eigenvalue weighted by molar-refractivity contribution is -0.229. The summed E-state index contributed by atoms with van der Waals surface area (Å²) in [5.74, 6) is 2.70. The molecule has 5 aliphatic carbocycles. The molecule has 10 atom stereocenters. The maximum atomic E-state index is 11.9. The summed E-state index contributed by atoms with van der Waals surface area (Å²) in [4.78, 5) is 0. The Morgan fingerprint density at radius 3 is 2.21 bits per heavy atom. The highest BCUT2D eigenvalue weighted by Crippen LogP contribution is 2.75. The van der Waals surface area contributed by atoms with Gasteiger partial charge < -0.3 is 20.4 Å². The van der Waals surface area contributed by atoms with E-state index in [-0.39, 0.29) is 23.5 Å². The smallest absolute Gasteiger partial charge is 0.0735 e. The molecule has 4 nitrogen and oxygen atoms in total. The zero-order valence-corrected chi connectivity index (χ0v) is 17.7. The van der Waals surface area contributed by atoms with Crippen molar-refractivity contribution < 1.29 is 20.4 Å². The van der Waals surface area contributed by atoms with Gasteiger partial charge in [-0.15, -0.1) is 0 Å². The summed E-state index contributed by atoms with van der Waals surface area (Å²) in [6.07, 6.45) is 9.75. The van der Waals surface area contributed by atoms with Gasteiger partial charge in [-0.05, 0) is 105 Å². The Bertz CT molecular complexity index is 638. The van der Waals surface area contributed by atoms with E-state index >= 15 is 0 Å². The molecule has 0 spiro atoms. The van der Waals surface area contributed by atoms with Crippen LogP contribution in [0, 0.1) is 40.4 Å². The molecule has 4 N–H and O–H groups in total. The number of rotatable bonds is 3. The van der Waals surface area contributed by atoms with Gasteiger partial charge in [0.2, 0.25) is 0 Å². The molecule has 0 radical (unpaired) electrons. The van der Waals surface area contributed by atoms with Gasteiger partial charge in [-0.25, -0.2) is 0 Å². The van der Waals surface area contributed by atoms with Crippen LogP contribution < -0.4 is 0 Å². The van der Waals surface area contributed by atoms with E-state index in [1.807, 2.05) is 0 Å². The van der Waals surface area contributed by atoms with Crippen LogP contribution >= 0.6 is 0 Å². The SMILES string of the molecule is C[C@]12CC[C@H]3[C@@H](CC[C@]4(O)C[C@@H](O)CC[C@]34C)[C@@H]1C1CC[C@@H]1[C@@]2(O)CCCO. The summed E-state index contributed by atoms with van der Waals surface area (Å²) < 4.78 is 0. The van der Waals surface area contributed by atoms with Crippen LogP contribution in [-0.4, -0.2) is 44.3 Å². The molecule has 5 saturated carbocycles. The van der Waals surface area contributed by atoms with Gasteiger partial charge >= 0.3 is 0 Å². The molecule has 0 aromatic carbocycles. The van der Waals surface area contributed by atoms with Gasteiger partial charge in [0.05, 0.1) is 17.3 Å². The van der Waals surface area contributed by atoms with Crippen molar-refractivity contribution in [2.45, 2.75) is 102 Å². The molecule has 0 aliphatic heterocycles. The Morgan fingerprint density at radius 1 is 0.821 bits per heavy atom. The van der Waals surface area contributed by atoms with E-state index in [9.17, 15) is 20.4 Å². The normalized spacial score (nSPS) is 60.2. The van der Waals surface area contributed by atoms with Gasteiger partial charge in [0.1, 0.15) is 0 Å². The zero-order valence-electron chi connectivity index (χ0n) is 17.7. The molecule has 4 heteroatoms. The fourth-order valence-electron chi connectivity index (χ4n) is 9.57. The van der Waals surface area contributed by atoms with Crippen LogP contribution in [0.4, 0.5) is 0 Å². The van der Waals surface area contributed by atoms with E-state index < -0.39 is 11.2 Å². The first-order chi connectivity index (χ1) is 13.2. The van der Waals surface area contributed by atoms with Gasteiger partial charge in [0.25, 0.3) is 0 Å². The van der Waals surface area contributed by atoms with E-state index in [0.29, 0.717) is 42.4 Å². The number of aliphatic hydroxyl groups excluding tert-OH is 2. The minimum atomic E-state index is -0.718. The molecule has 0 saturated heterocycles. The van der Waals surface area contributed by atoms with Crippen LogP contribution in [0.1, 0.15) is 84.5 Å². The first kappa shape index (κ1) is 19.8. The van der Waals surface area contributed by atoms with Gasteiger partial charge in [-0.3, -0.25) is 0 Å². The molecule has 28 heavy (non-hydrogen) atoms. The molecule has 0 aromatic heterocycles. The maximum absolute atomic E-state index is 11.9. The Hall–Kier alpha value is -0.160. The zero-order chi connectivity index (χ0) is 19.9. The van der Waals surface area contributed by atoms with Crippen molar-refractivity contribution in [1.29, 1.82) is 0 Å². The van der Waals surface area contributed by atoms with Crippen molar-refractivity contribution in [3.05, 3.63) is 0 Å². The largest absolute Gasteiger partial charge is 0.396 e. The molecule has 5 fully saturated rings. The minimum Gasteiger partial charge on any atom is -0.396 e. The highest BCUT2D eigenvalue weighted by atomic mass is 16.3. The van der Waals surface area contributed by atoms with Crippen LogP contribution in [0.3, 0.4) is 0 Å². The Labute approximate surface area is 169 Å². The molecule has 1 unspecified atom stereocenters. The molecule has 0 aromatic rings. The monoisotopic (exact) mass is 392 g/mol. The molecular weight excluding hydrogens is 352 g/mol. The van der Waals surface area contributed by atoms with Crippen molar-refractivity contribution in [3.8, 4) is 0 Å². The second-order valence-corrected chi connectivity index (χ2v) is 11.7. The Kier molecular flexibility index (Phi) is 4.37. The molecule has 5 aliphatic rings. The maximum Gasteiger partial charge on any atom is 0.0735 e. The minimum absolute atomic E-state index is 0.0465. The van der Waals surface area contributed by atoms with Gasteiger partial charge in [-0.2, -0.15) is 0 Å². The van der Waals surface area contributed by atoms with E-state index in [4.69, 9.17) is 0 Å². The van der Waals surface area contributed by atoms with Crippen molar-refractivity contribution in [2.75, 3.05) is 6.61 Å². The summed E-state index contributed by atoms with van der Waals surface area (Å²) in [6.45, 7) is 4.83. The molecule has 0 bridgehead atoms. The quantitative estimate of drug-likeness (QED) is 0.594. The van der Waals surface area contributed by atoms with Crippen LogP contribution in [0.25, 0.3) is 0 Å². The van der Waals surface area contributed by atoms with E-state index in [1.54, 1.807) is 0 Å². The number of hydrogen-bond acceptors (Lipinski definition) is 4. The third-order valence-corrected chi connectivity index (χ3v) is 11.1. The summed E-state index contributed by atoms with van der Waals surface area (Å²) in [5, 5.41) is 43.2. The lowest BCUT2D eigenvalue weighted by Crippen LogP contribution is -2.64. The first-order valence-corrected chi connectivity index (χ1v) is 11.9. The molecule has 0 heterocycles. The van der Waals surface area contributed by atoms with Crippen molar-refractivity contribution in [2.24, 2.45) is 40.4 Å². The van der Waals surface area contributed by atoms with Gasteiger partial charge in [0, 0.05) is 13.0 Å². The molecular formula is C24H40O4.